The van der Waals surface area contributed by atoms with Crippen LogP contribution in [0.1, 0.15) is 6.42 Å². The number of phenols is 1. The van der Waals surface area contributed by atoms with E-state index in [1.165, 1.54) is 12.1 Å². The Morgan fingerprint density at radius 3 is 2.73 bits per heavy atom. The number of piperidine rings is 1. The van der Waals surface area contributed by atoms with Crippen LogP contribution in [-0.4, -0.2) is 24.2 Å². The maximum Gasteiger partial charge on any atom is 0.115 e. The van der Waals surface area contributed by atoms with E-state index in [4.69, 9.17) is 5.73 Å². The molecule has 2 aliphatic rings. The summed E-state index contributed by atoms with van der Waals surface area (Å²) < 4.78 is 0. The van der Waals surface area contributed by atoms with Crippen LogP contribution in [-0.2, 0) is 0 Å². The Hall–Kier alpha value is -1.22. The molecule has 0 spiro atoms. The summed E-state index contributed by atoms with van der Waals surface area (Å²) >= 11 is 0. The van der Waals surface area contributed by atoms with Gasteiger partial charge < -0.3 is 15.7 Å². The van der Waals surface area contributed by atoms with Crippen molar-refractivity contribution < 1.29 is 5.11 Å². The van der Waals surface area contributed by atoms with E-state index in [-0.39, 0.29) is 0 Å². The minimum Gasteiger partial charge on any atom is -0.508 e. The Kier molecular flexibility index (Phi) is 1.89. The van der Waals surface area contributed by atoms with Gasteiger partial charge in [-0.1, -0.05) is 0 Å². The van der Waals surface area contributed by atoms with E-state index in [9.17, 15) is 5.11 Å². The molecule has 1 aliphatic carbocycles. The standard InChI is InChI=1S/C12H16N2O/c13-6-12-11-5-8(11)7-14(12)9-1-3-10(15)4-2-9/h1-4,8,11-12,15H,5-7,13H2. The van der Waals surface area contributed by atoms with E-state index in [1.807, 2.05) is 12.1 Å². The molecule has 0 radical (unpaired) electrons. The maximum atomic E-state index is 9.24. The molecule has 3 atom stereocenters. The van der Waals surface area contributed by atoms with Crippen molar-refractivity contribution in [2.24, 2.45) is 17.6 Å². The second-order valence-corrected chi connectivity index (χ2v) is 4.63. The SMILES string of the molecule is NCC1C2CC2CN1c1ccc(O)cc1. The van der Waals surface area contributed by atoms with Crippen molar-refractivity contribution in [2.45, 2.75) is 12.5 Å². The highest BCUT2D eigenvalue weighted by Crippen LogP contribution is 2.50. The summed E-state index contributed by atoms with van der Waals surface area (Å²) in [6.07, 6.45) is 1.36. The Bertz CT molecular complexity index is 362. The van der Waals surface area contributed by atoms with E-state index in [0.717, 1.165) is 24.9 Å². The summed E-state index contributed by atoms with van der Waals surface area (Å²) in [5, 5.41) is 9.24. The summed E-state index contributed by atoms with van der Waals surface area (Å²) in [4.78, 5) is 2.39. The third-order valence-electron chi connectivity index (χ3n) is 3.73. The molecule has 1 saturated carbocycles. The molecule has 1 heterocycles. The van der Waals surface area contributed by atoms with Gasteiger partial charge in [0.05, 0.1) is 0 Å². The number of phenolic OH excluding ortho intramolecular Hbond substituents is 1. The van der Waals surface area contributed by atoms with Crippen LogP contribution >= 0.6 is 0 Å². The highest BCUT2D eigenvalue weighted by molar-refractivity contribution is 5.52. The number of rotatable bonds is 2. The lowest BCUT2D eigenvalue weighted by Gasteiger charge is -2.28. The highest BCUT2D eigenvalue weighted by atomic mass is 16.3. The smallest absolute Gasteiger partial charge is 0.115 e. The van der Waals surface area contributed by atoms with Crippen LogP contribution in [0.4, 0.5) is 5.69 Å². The number of anilines is 1. The average molecular weight is 204 g/mol. The fourth-order valence-corrected chi connectivity index (χ4v) is 2.81. The van der Waals surface area contributed by atoms with Crippen LogP contribution in [0.3, 0.4) is 0 Å². The molecule has 3 N–H and O–H groups in total. The van der Waals surface area contributed by atoms with Gasteiger partial charge in [0, 0.05) is 24.8 Å². The van der Waals surface area contributed by atoms with Crippen molar-refractivity contribution in [2.75, 3.05) is 18.0 Å². The number of hydrogen-bond donors (Lipinski definition) is 2. The molecule has 2 fully saturated rings. The lowest BCUT2D eigenvalue weighted by atomic mass is 10.1. The largest absolute Gasteiger partial charge is 0.508 e. The quantitative estimate of drug-likeness (QED) is 0.760. The topological polar surface area (TPSA) is 49.5 Å². The van der Waals surface area contributed by atoms with E-state index in [1.54, 1.807) is 12.1 Å². The van der Waals surface area contributed by atoms with Gasteiger partial charge in [0.25, 0.3) is 0 Å². The minimum atomic E-state index is 0.326. The third kappa shape index (κ3) is 1.38. The van der Waals surface area contributed by atoms with Gasteiger partial charge in [-0.2, -0.15) is 0 Å². The first-order valence-electron chi connectivity index (χ1n) is 5.55. The Morgan fingerprint density at radius 2 is 2.07 bits per heavy atom. The van der Waals surface area contributed by atoms with Gasteiger partial charge in [-0.25, -0.2) is 0 Å². The molecule has 1 aliphatic heterocycles. The van der Waals surface area contributed by atoms with Gasteiger partial charge >= 0.3 is 0 Å². The highest BCUT2D eigenvalue weighted by Gasteiger charge is 2.51. The number of aromatic hydroxyl groups is 1. The van der Waals surface area contributed by atoms with Crippen LogP contribution in [0, 0.1) is 11.8 Å². The molecule has 3 heteroatoms. The monoisotopic (exact) mass is 204 g/mol. The van der Waals surface area contributed by atoms with Crippen molar-refractivity contribution in [3.05, 3.63) is 24.3 Å². The molecule has 3 rings (SSSR count). The Labute approximate surface area is 89.5 Å². The number of benzene rings is 1. The first kappa shape index (κ1) is 9.04. The molecule has 0 bridgehead atoms. The molecule has 1 saturated heterocycles. The predicted molar refractivity (Wildman–Crippen MR) is 59.9 cm³/mol. The summed E-state index contributed by atoms with van der Waals surface area (Å²) in [7, 11) is 0. The van der Waals surface area contributed by atoms with Crippen molar-refractivity contribution in [1.82, 2.24) is 0 Å². The third-order valence-corrected chi connectivity index (χ3v) is 3.73. The number of hydrogen-bond acceptors (Lipinski definition) is 3. The fourth-order valence-electron chi connectivity index (χ4n) is 2.81. The second-order valence-electron chi connectivity index (χ2n) is 4.63. The van der Waals surface area contributed by atoms with Gasteiger partial charge in [-0.3, -0.25) is 0 Å². The Morgan fingerprint density at radius 1 is 1.33 bits per heavy atom. The second kappa shape index (κ2) is 3.14. The van der Waals surface area contributed by atoms with Gasteiger partial charge in [0.1, 0.15) is 5.75 Å². The van der Waals surface area contributed by atoms with Crippen LogP contribution in [0.25, 0.3) is 0 Å². The lowest BCUT2D eigenvalue weighted by Crippen LogP contribution is -2.38. The molecule has 1 aromatic rings. The normalized spacial score (nSPS) is 32.9. The zero-order chi connectivity index (χ0) is 10.4. The molecular weight excluding hydrogens is 188 g/mol. The maximum absolute atomic E-state index is 9.24. The van der Waals surface area contributed by atoms with E-state index in [0.29, 0.717) is 11.8 Å². The van der Waals surface area contributed by atoms with E-state index < -0.39 is 0 Å². The summed E-state index contributed by atoms with van der Waals surface area (Å²) in [5.41, 5.74) is 7.01. The average Bonchev–Trinajstić information content (AvgIpc) is 2.92. The zero-order valence-corrected chi connectivity index (χ0v) is 8.63. The molecule has 80 valence electrons. The molecule has 3 nitrogen and oxygen atoms in total. The number of nitrogens with two attached hydrogens (primary N) is 1. The van der Waals surface area contributed by atoms with Crippen LogP contribution in [0.5, 0.6) is 5.75 Å². The van der Waals surface area contributed by atoms with Crippen LogP contribution in [0.15, 0.2) is 24.3 Å². The van der Waals surface area contributed by atoms with Gasteiger partial charge in [-0.05, 0) is 42.5 Å². The van der Waals surface area contributed by atoms with Gasteiger partial charge in [-0.15, -0.1) is 0 Å². The van der Waals surface area contributed by atoms with Crippen molar-refractivity contribution in [1.29, 1.82) is 0 Å². The molecule has 1 aromatic carbocycles. The first-order valence-corrected chi connectivity index (χ1v) is 5.55. The van der Waals surface area contributed by atoms with E-state index in [2.05, 4.69) is 4.90 Å². The van der Waals surface area contributed by atoms with Gasteiger partial charge in [0.2, 0.25) is 0 Å². The first-order chi connectivity index (χ1) is 7.29. The van der Waals surface area contributed by atoms with E-state index >= 15 is 0 Å². The van der Waals surface area contributed by atoms with Crippen molar-refractivity contribution in [3.8, 4) is 5.75 Å². The molecule has 15 heavy (non-hydrogen) atoms. The fraction of sp³-hybridized carbons (Fsp3) is 0.500. The minimum absolute atomic E-state index is 0.326. The van der Waals surface area contributed by atoms with Crippen LogP contribution in [0.2, 0.25) is 0 Å². The summed E-state index contributed by atoms with van der Waals surface area (Å²) in [6.45, 7) is 1.87. The Balaban J connectivity index is 1.85. The van der Waals surface area contributed by atoms with Crippen molar-refractivity contribution >= 4 is 5.69 Å². The zero-order valence-electron chi connectivity index (χ0n) is 8.63. The molecular formula is C12H16N2O. The molecule has 3 unspecified atom stereocenters. The van der Waals surface area contributed by atoms with Gasteiger partial charge in [0.15, 0.2) is 0 Å². The van der Waals surface area contributed by atoms with Crippen molar-refractivity contribution in [3.63, 3.8) is 0 Å². The summed E-state index contributed by atoms with van der Waals surface area (Å²) in [6, 6.07) is 7.95. The molecule has 0 amide bonds. The summed E-state index contributed by atoms with van der Waals surface area (Å²) in [5.74, 6) is 2.02. The predicted octanol–water partition coefficient (Wildman–Crippen LogP) is 1.18. The lowest BCUT2D eigenvalue weighted by molar-refractivity contribution is 0.475. The number of nitrogens with zero attached hydrogens (tertiary/aromatic N) is 1. The van der Waals surface area contributed by atoms with Crippen LogP contribution < -0.4 is 10.6 Å². The molecule has 0 aromatic heterocycles. The number of fused-ring (bicyclic) bond motifs is 1.